The lowest BCUT2D eigenvalue weighted by Gasteiger charge is -2.31. The Hall–Kier alpha value is -2.11. The molecule has 4 rings (SSSR count). The highest BCUT2D eigenvalue weighted by Gasteiger charge is 2.55. The van der Waals surface area contributed by atoms with Gasteiger partial charge in [0.1, 0.15) is 5.75 Å². The zero-order valence-corrected chi connectivity index (χ0v) is 19.1. The predicted octanol–water partition coefficient (Wildman–Crippen LogP) is 4.98. The summed E-state index contributed by atoms with van der Waals surface area (Å²) in [4.78, 5) is 26.6. The summed E-state index contributed by atoms with van der Waals surface area (Å²) in [5.74, 6) is -0.374. The quantitative estimate of drug-likeness (QED) is 0.497. The van der Waals surface area contributed by atoms with Crippen molar-refractivity contribution < 1.29 is 19.4 Å². The highest BCUT2D eigenvalue weighted by Crippen LogP contribution is 2.50. The summed E-state index contributed by atoms with van der Waals surface area (Å²) in [5, 5.41) is 10.1. The number of rotatable bonds is 6. The number of hydrogen-bond donors (Lipinski definition) is 1. The van der Waals surface area contributed by atoms with Crippen molar-refractivity contribution in [2.45, 2.75) is 52.1 Å². The van der Waals surface area contributed by atoms with Crippen LogP contribution in [0.1, 0.15) is 51.5 Å². The number of halogens is 1. The number of amides is 2. The molecule has 31 heavy (non-hydrogen) atoms. The van der Waals surface area contributed by atoms with E-state index >= 15 is 0 Å². The molecule has 6 heteroatoms. The molecule has 0 bridgehead atoms. The first kappa shape index (κ1) is 22.1. The fourth-order valence-corrected chi connectivity index (χ4v) is 5.72. The molecule has 5 nitrogen and oxygen atoms in total. The minimum absolute atomic E-state index is 0.0000482. The Morgan fingerprint density at radius 1 is 1.26 bits per heavy atom. The van der Waals surface area contributed by atoms with Crippen LogP contribution in [-0.4, -0.2) is 41.6 Å². The van der Waals surface area contributed by atoms with Gasteiger partial charge in [-0.3, -0.25) is 14.5 Å². The number of nitrogens with zero attached hydrogens (tertiary/aromatic N) is 1. The lowest BCUT2D eigenvalue weighted by molar-refractivity contribution is -0.138. The van der Waals surface area contributed by atoms with Gasteiger partial charge >= 0.3 is 0 Å². The van der Waals surface area contributed by atoms with Crippen molar-refractivity contribution in [2.75, 3.05) is 13.7 Å². The molecular formula is C25H30ClNO4. The number of aromatic hydroxyl groups is 1. The highest BCUT2D eigenvalue weighted by molar-refractivity contribution is 6.32. The number of benzene rings is 1. The number of fused-ring (bicyclic) bond motifs is 3. The monoisotopic (exact) mass is 443 g/mol. The summed E-state index contributed by atoms with van der Waals surface area (Å²) in [7, 11) is 1.61. The fourth-order valence-electron chi connectivity index (χ4n) is 5.49. The first-order valence-corrected chi connectivity index (χ1v) is 11.6. The van der Waals surface area contributed by atoms with Gasteiger partial charge in [-0.15, -0.1) is 0 Å². The summed E-state index contributed by atoms with van der Waals surface area (Å²) < 4.78 is 6.22. The third-order valence-corrected chi connectivity index (χ3v) is 7.51. The van der Waals surface area contributed by atoms with E-state index < -0.39 is 0 Å². The summed E-state index contributed by atoms with van der Waals surface area (Å²) in [6, 6.07) is 5.02. The van der Waals surface area contributed by atoms with Crippen LogP contribution in [0.15, 0.2) is 34.9 Å². The summed E-state index contributed by atoms with van der Waals surface area (Å²) >= 11 is 6.28. The molecule has 1 aromatic carbocycles. The molecule has 2 amide bonds. The Labute approximate surface area is 188 Å². The summed E-state index contributed by atoms with van der Waals surface area (Å²) in [5.41, 5.74) is 4.74. The van der Waals surface area contributed by atoms with Crippen LogP contribution < -0.4 is 0 Å². The Bertz CT molecular complexity index is 966. The van der Waals surface area contributed by atoms with Gasteiger partial charge in [0.05, 0.1) is 29.6 Å². The van der Waals surface area contributed by atoms with Gasteiger partial charge in [-0.2, -0.15) is 0 Å². The Morgan fingerprint density at radius 2 is 2.03 bits per heavy atom. The van der Waals surface area contributed by atoms with E-state index in [9.17, 15) is 14.7 Å². The zero-order chi connectivity index (χ0) is 22.3. The van der Waals surface area contributed by atoms with Crippen LogP contribution in [0.4, 0.5) is 0 Å². The number of phenolic OH excluding ortho intramolecular Hbond substituents is 1. The first-order chi connectivity index (χ1) is 14.8. The van der Waals surface area contributed by atoms with Crippen molar-refractivity contribution >= 4 is 29.5 Å². The zero-order valence-electron chi connectivity index (χ0n) is 18.4. The van der Waals surface area contributed by atoms with Crippen molar-refractivity contribution in [3.8, 4) is 5.75 Å². The van der Waals surface area contributed by atoms with Gasteiger partial charge < -0.3 is 9.84 Å². The third kappa shape index (κ3) is 3.94. The highest BCUT2D eigenvalue weighted by atomic mass is 35.5. The molecule has 0 radical (unpaired) electrons. The lowest BCUT2D eigenvalue weighted by Crippen LogP contribution is -2.33. The molecule has 0 saturated carbocycles. The van der Waals surface area contributed by atoms with Gasteiger partial charge in [0.25, 0.3) is 0 Å². The van der Waals surface area contributed by atoms with E-state index in [2.05, 4.69) is 19.9 Å². The molecule has 2 heterocycles. The number of imide groups is 1. The molecule has 0 unspecified atom stereocenters. The summed E-state index contributed by atoms with van der Waals surface area (Å²) in [6.07, 6.45) is 6.28. The van der Waals surface area contributed by atoms with E-state index in [1.807, 2.05) is 6.07 Å². The van der Waals surface area contributed by atoms with Crippen molar-refractivity contribution in [2.24, 2.45) is 17.8 Å². The molecule has 0 aromatic heterocycles. The second kappa shape index (κ2) is 8.79. The number of hydrogen-bond acceptors (Lipinski definition) is 4. The molecule has 2 fully saturated rings. The van der Waals surface area contributed by atoms with Gasteiger partial charge in [0.15, 0.2) is 0 Å². The number of allylic oxidation sites excluding steroid dienone is 2. The lowest BCUT2D eigenvalue weighted by atomic mass is 9.69. The molecule has 1 aliphatic carbocycles. The minimum atomic E-state index is -0.259. The van der Waals surface area contributed by atoms with Crippen molar-refractivity contribution in [1.82, 2.24) is 4.90 Å². The van der Waals surface area contributed by atoms with Gasteiger partial charge in [0, 0.05) is 13.0 Å². The largest absolute Gasteiger partial charge is 0.508 e. The Balaban J connectivity index is 1.53. The normalized spacial score (nSPS) is 28.4. The number of phenols is 1. The number of likely N-dealkylation sites (tertiary alicyclic amines) is 1. The van der Waals surface area contributed by atoms with E-state index in [1.54, 1.807) is 19.2 Å². The van der Waals surface area contributed by atoms with Gasteiger partial charge in [-0.25, -0.2) is 0 Å². The van der Waals surface area contributed by atoms with Crippen molar-refractivity contribution in [3.63, 3.8) is 0 Å². The van der Waals surface area contributed by atoms with Crippen LogP contribution in [0.25, 0.3) is 6.08 Å². The number of ether oxygens (including phenoxy) is 1. The SMILES string of the molecule is CCC1=C2[C@@H](CC/C(=C/c3ccc(O)cc3Cl)CC)OC[C@@H]2[C@@H]2C(=O)N(C)C(=O)[C@@H]2C1. The fraction of sp³-hybridized carbons (Fsp3) is 0.520. The van der Waals surface area contributed by atoms with Crippen LogP contribution in [-0.2, 0) is 14.3 Å². The van der Waals surface area contributed by atoms with Gasteiger partial charge in [0.2, 0.25) is 11.8 Å². The van der Waals surface area contributed by atoms with E-state index in [0.717, 1.165) is 31.2 Å². The average molecular weight is 444 g/mol. The molecule has 3 aliphatic rings. The molecule has 1 N–H and O–H groups in total. The molecule has 0 spiro atoms. The molecular weight excluding hydrogens is 414 g/mol. The van der Waals surface area contributed by atoms with E-state index in [4.69, 9.17) is 16.3 Å². The van der Waals surface area contributed by atoms with Crippen molar-refractivity contribution in [3.05, 3.63) is 45.5 Å². The topological polar surface area (TPSA) is 66.8 Å². The number of carbonyl (C=O) groups is 2. The van der Waals surface area contributed by atoms with E-state index in [0.29, 0.717) is 18.1 Å². The predicted molar refractivity (Wildman–Crippen MR) is 121 cm³/mol. The van der Waals surface area contributed by atoms with Crippen LogP contribution in [0, 0.1) is 17.8 Å². The standard InChI is InChI=1S/C25H30ClNO4/c1-4-14(10-16-7-8-17(28)12-20(16)26)6-9-21-22-15(5-2)11-18-23(19(22)13-31-21)25(30)27(3)24(18)29/h7-8,10,12,18-19,21,23,28H,4-6,9,11,13H2,1-3H3/b14-10+/t18-,19+,21-,23-/m1/s1. The smallest absolute Gasteiger partial charge is 0.233 e. The first-order valence-electron chi connectivity index (χ1n) is 11.2. The number of carbonyl (C=O) groups excluding carboxylic acids is 2. The van der Waals surface area contributed by atoms with Crippen molar-refractivity contribution in [1.29, 1.82) is 0 Å². The van der Waals surface area contributed by atoms with Crippen LogP contribution >= 0.6 is 11.6 Å². The second-order valence-corrected chi connectivity index (χ2v) is 9.22. The molecule has 2 aliphatic heterocycles. The Morgan fingerprint density at radius 3 is 2.71 bits per heavy atom. The van der Waals surface area contributed by atoms with Gasteiger partial charge in [-0.1, -0.05) is 42.7 Å². The van der Waals surface area contributed by atoms with Crippen LogP contribution in [0.5, 0.6) is 5.75 Å². The Kier molecular flexibility index (Phi) is 6.27. The maximum absolute atomic E-state index is 12.8. The average Bonchev–Trinajstić information content (AvgIpc) is 3.27. The maximum atomic E-state index is 12.8. The molecule has 1 aromatic rings. The minimum Gasteiger partial charge on any atom is -0.508 e. The summed E-state index contributed by atoms with van der Waals surface area (Å²) in [6.45, 7) is 4.77. The molecule has 2 saturated heterocycles. The molecule has 4 atom stereocenters. The maximum Gasteiger partial charge on any atom is 0.233 e. The van der Waals surface area contributed by atoms with E-state index in [1.165, 1.54) is 21.6 Å². The van der Waals surface area contributed by atoms with Crippen LogP contribution in [0.2, 0.25) is 5.02 Å². The third-order valence-electron chi connectivity index (χ3n) is 7.18. The van der Waals surface area contributed by atoms with E-state index in [-0.39, 0.29) is 41.4 Å². The van der Waals surface area contributed by atoms with Crippen LogP contribution in [0.3, 0.4) is 0 Å². The second-order valence-electron chi connectivity index (χ2n) is 8.81. The molecule has 166 valence electrons. The van der Waals surface area contributed by atoms with Gasteiger partial charge in [-0.05, 0) is 61.4 Å².